The van der Waals surface area contributed by atoms with Crippen molar-refractivity contribution in [2.24, 2.45) is 5.10 Å². The minimum absolute atomic E-state index is 0.138. The molecule has 1 aliphatic rings. The molecule has 0 radical (unpaired) electrons. The summed E-state index contributed by atoms with van der Waals surface area (Å²) >= 11 is 0.753. The molecule has 0 saturated carbocycles. The quantitative estimate of drug-likeness (QED) is 0.309. The van der Waals surface area contributed by atoms with E-state index in [2.05, 4.69) is 19.3 Å². The number of amides is 1. The van der Waals surface area contributed by atoms with Gasteiger partial charge in [0.25, 0.3) is 0 Å². The molecule has 0 atom stereocenters. The third-order valence-corrected chi connectivity index (χ3v) is 2.68. The van der Waals surface area contributed by atoms with E-state index in [1.54, 1.807) is 0 Å². The molecule has 9 heteroatoms. The molecular weight excluding hydrogens is 264 g/mol. The number of ether oxygens (including phenoxy) is 3. The Bertz CT molecular complexity index is 444. The smallest absolute Gasteiger partial charge is 0.441 e. The van der Waals surface area contributed by atoms with Crippen molar-refractivity contribution in [1.82, 2.24) is 4.41 Å². The molecule has 1 aliphatic heterocycles. The predicted octanol–water partition coefficient (Wildman–Crippen LogP) is 0.302. The van der Waals surface area contributed by atoms with Gasteiger partial charge in [-0.2, -0.15) is 0 Å². The van der Waals surface area contributed by atoms with Crippen molar-refractivity contribution in [3.8, 4) is 0 Å². The van der Waals surface area contributed by atoms with Crippen LogP contribution in [0.4, 0.5) is 4.79 Å². The van der Waals surface area contributed by atoms with Crippen LogP contribution in [0, 0.1) is 0 Å². The summed E-state index contributed by atoms with van der Waals surface area (Å²) in [6.07, 6.45) is 0.248. The highest BCUT2D eigenvalue weighted by molar-refractivity contribution is 8.02. The van der Waals surface area contributed by atoms with Crippen LogP contribution in [0.3, 0.4) is 0 Å². The number of hydrazone groups is 1. The summed E-state index contributed by atoms with van der Waals surface area (Å²) in [7, 11) is 3.51. The number of carbonyl (C=O) groups excluding carboxylic acids is 3. The number of hydrogen-bond acceptors (Lipinski definition) is 8. The van der Waals surface area contributed by atoms with Crippen molar-refractivity contribution in [1.29, 1.82) is 0 Å². The fourth-order valence-electron chi connectivity index (χ4n) is 0.952. The number of methoxy groups -OCH3 is 3. The molecule has 0 N–H and O–H groups in total. The summed E-state index contributed by atoms with van der Waals surface area (Å²) in [6.45, 7) is 0. The lowest BCUT2D eigenvalue weighted by Crippen LogP contribution is -2.17. The molecule has 98 valence electrons. The highest BCUT2D eigenvalue weighted by atomic mass is 32.2. The Morgan fingerprint density at radius 2 is 1.83 bits per heavy atom. The van der Waals surface area contributed by atoms with Crippen LogP contribution >= 0.6 is 11.9 Å². The van der Waals surface area contributed by atoms with Crippen LogP contribution in [-0.4, -0.2) is 49.5 Å². The largest absolute Gasteiger partial charge is 0.466 e. The van der Waals surface area contributed by atoms with Gasteiger partial charge in [0, 0.05) is 18.0 Å². The Morgan fingerprint density at radius 3 is 2.33 bits per heavy atom. The highest BCUT2D eigenvalue weighted by Crippen LogP contribution is 2.31. The van der Waals surface area contributed by atoms with Crippen LogP contribution in [0.15, 0.2) is 16.1 Å². The van der Waals surface area contributed by atoms with E-state index in [9.17, 15) is 14.4 Å². The van der Waals surface area contributed by atoms with E-state index in [0.717, 1.165) is 36.7 Å². The Kier molecular flexibility index (Phi) is 4.72. The van der Waals surface area contributed by atoms with E-state index in [-0.39, 0.29) is 10.6 Å². The number of esters is 2. The molecule has 0 saturated heterocycles. The maximum absolute atomic E-state index is 11.4. The summed E-state index contributed by atoms with van der Waals surface area (Å²) < 4.78 is 14.2. The Balaban J connectivity index is 3.03. The molecule has 1 amide bonds. The molecule has 0 aromatic carbocycles. The molecule has 0 bridgehead atoms. The van der Waals surface area contributed by atoms with E-state index >= 15 is 0 Å². The summed E-state index contributed by atoms with van der Waals surface area (Å²) in [5.41, 5.74) is -0.168. The summed E-state index contributed by atoms with van der Waals surface area (Å²) in [6, 6.07) is 0. The van der Waals surface area contributed by atoms with E-state index in [1.165, 1.54) is 7.11 Å². The van der Waals surface area contributed by atoms with Crippen molar-refractivity contribution in [3.05, 3.63) is 11.0 Å². The Hall–Kier alpha value is -2.03. The zero-order valence-electron chi connectivity index (χ0n) is 9.83. The molecule has 0 unspecified atom stereocenters. The molecule has 0 aromatic rings. The number of rotatable bonds is 2. The Morgan fingerprint density at radius 1 is 1.17 bits per heavy atom. The minimum atomic E-state index is -0.783. The molecule has 0 spiro atoms. The van der Waals surface area contributed by atoms with Gasteiger partial charge in [-0.3, -0.25) is 0 Å². The fourth-order valence-corrected chi connectivity index (χ4v) is 1.77. The first-order valence-electron chi connectivity index (χ1n) is 4.56. The first-order chi connectivity index (χ1) is 8.53. The molecule has 1 rings (SSSR count). The van der Waals surface area contributed by atoms with Crippen LogP contribution in [0.1, 0.15) is 0 Å². The first kappa shape index (κ1) is 14.0. The molecule has 8 nitrogen and oxygen atoms in total. The SMILES string of the molecule is COC(=O)C=C1SN(C(=O)OC)N=C1C(=O)OC. The van der Waals surface area contributed by atoms with Gasteiger partial charge in [-0.25, -0.2) is 14.4 Å². The van der Waals surface area contributed by atoms with Gasteiger partial charge >= 0.3 is 18.0 Å². The number of nitrogens with zero attached hydrogens (tertiary/aromatic N) is 2. The molecule has 1 heterocycles. The standard InChI is InChI=1S/C9H10N2O6S/c1-15-6(12)4-5-7(8(13)16-2)10-11(18-5)9(14)17-3/h4H,1-3H3. The van der Waals surface area contributed by atoms with Crippen LogP contribution in [-0.2, 0) is 23.8 Å². The van der Waals surface area contributed by atoms with Crippen molar-refractivity contribution < 1.29 is 28.6 Å². The lowest BCUT2D eigenvalue weighted by Gasteiger charge is -2.06. The van der Waals surface area contributed by atoms with Gasteiger partial charge in [0.05, 0.1) is 26.2 Å². The van der Waals surface area contributed by atoms with Crippen molar-refractivity contribution >= 4 is 35.7 Å². The highest BCUT2D eigenvalue weighted by Gasteiger charge is 2.32. The zero-order chi connectivity index (χ0) is 13.7. The van der Waals surface area contributed by atoms with Gasteiger partial charge in [0.15, 0.2) is 5.71 Å². The second-order valence-electron chi connectivity index (χ2n) is 2.81. The topological polar surface area (TPSA) is 94.5 Å². The fraction of sp³-hybridized carbons (Fsp3) is 0.333. The van der Waals surface area contributed by atoms with E-state index < -0.39 is 18.0 Å². The van der Waals surface area contributed by atoms with E-state index in [1.807, 2.05) is 0 Å². The van der Waals surface area contributed by atoms with E-state index in [0.29, 0.717) is 0 Å². The van der Waals surface area contributed by atoms with Crippen LogP contribution in [0.5, 0.6) is 0 Å². The van der Waals surface area contributed by atoms with Gasteiger partial charge in [-0.15, -0.1) is 9.52 Å². The molecule has 0 aromatic heterocycles. The van der Waals surface area contributed by atoms with Gasteiger partial charge < -0.3 is 14.2 Å². The molecular formula is C9H10N2O6S. The number of hydrogen-bond donors (Lipinski definition) is 0. The van der Waals surface area contributed by atoms with Gasteiger partial charge in [0.2, 0.25) is 0 Å². The predicted molar refractivity (Wildman–Crippen MR) is 61.4 cm³/mol. The summed E-state index contributed by atoms with van der Waals surface area (Å²) in [4.78, 5) is 33.9. The third kappa shape index (κ3) is 3.00. The minimum Gasteiger partial charge on any atom is -0.466 e. The average Bonchev–Trinajstić information content (AvgIpc) is 2.80. The molecule has 18 heavy (non-hydrogen) atoms. The lowest BCUT2D eigenvalue weighted by atomic mass is 10.3. The van der Waals surface area contributed by atoms with Gasteiger partial charge in [0.1, 0.15) is 0 Å². The maximum atomic E-state index is 11.4. The van der Waals surface area contributed by atoms with Gasteiger partial charge in [-0.1, -0.05) is 0 Å². The number of carbonyl (C=O) groups is 3. The van der Waals surface area contributed by atoms with Crippen molar-refractivity contribution in [2.75, 3.05) is 21.3 Å². The van der Waals surface area contributed by atoms with Crippen molar-refractivity contribution in [2.45, 2.75) is 0 Å². The third-order valence-electron chi connectivity index (χ3n) is 1.77. The normalized spacial score (nSPS) is 16.3. The van der Waals surface area contributed by atoms with Crippen molar-refractivity contribution in [3.63, 3.8) is 0 Å². The Labute approximate surface area is 107 Å². The van der Waals surface area contributed by atoms with Gasteiger partial charge in [-0.05, 0) is 0 Å². The second-order valence-corrected chi connectivity index (χ2v) is 3.77. The summed E-state index contributed by atoms with van der Waals surface area (Å²) in [5.74, 6) is -1.45. The molecule has 0 aliphatic carbocycles. The second kappa shape index (κ2) is 6.05. The monoisotopic (exact) mass is 274 g/mol. The molecule has 0 fully saturated rings. The van der Waals surface area contributed by atoms with Crippen LogP contribution < -0.4 is 0 Å². The maximum Gasteiger partial charge on any atom is 0.441 e. The zero-order valence-corrected chi connectivity index (χ0v) is 10.6. The van der Waals surface area contributed by atoms with E-state index in [4.69, 9.17) is 0 Å². The summed E-state index contributed by atoms with van der Waals surface area (Å²) in [5, 5.41) is 3.69. The van der Waals surface area contributed by atoms with Crippen LogP contribution in [0.25, 0.3) is 0 Å². The first-order valence-corrected chi connectivity index (χ1v) is 5.33. The van der Waals surface area contributed by atoms with Crippen LogP contribution in [0.2, 0.25) is 0 Å². The average molecular weight is 274 g/mol. The lowest BCUT2D eigenvalue weighted by molar-refractivity contribution is -0.134.